The zero-order valence-corrected chi connectivity index (χ0v) is 10.7. The van der Waals surface area contributed by atoms with E-state index in [0.29, 0.717) is 4.90 Å². The summed E-state index contributed by atoms with van der Waals surface area (Å²) in [5, 5.41) is -0.248. The molecule has 2 atom stereocenters. The van der Waals surface area contributed by atoms with Crippen LogP contribution in [0.1, 0.15) is 17.9 Å². The minimum atomic E-state index is -3.16. The lowest BCUT2D eigenvalue weighted by Crippen LogP contribution is -2.08. The third kappa shape index (κ3) is 1.95. The molecule has 3 rings (SSSR count). The van der Waals surface area contributed by atoms with Crippen molar-refractivity contribution in [1.82, 2.24) is 0 Å². The van der Waals surface area contributed by atoms with E-state index in [4.69, 9.17) is 0 Å². The molecule has 0 radical (unpaired) electrons. The first kappa shape index (κ1) is 11.5. The van der Waals surface area contributed by atoms with E-state index >= 15 is 0 Å². The van der Waals surface area contributed by atoms with Crippen molar-refractivity contribution >= 4 is 9.84 Å². The van der Waals surface area contributed by atoms with Crippen LogP contribution in [0.3, 0.4) is 0 Å². The molecular weight excluding hydrogens is 244 g/mol. The molecule has 1 saturated carbocycles. The minimum absolute atomic E-state index is 0.163. The summed E-state index contributed by atoms with van der Waals surface area (Å²) in [5.41, 5.74) is 1.13. The molecule has 1 aliphatic carbocycles. The fraction of sp³-hybridized carbons (Fsp3) is 0.200. The summed E-state index contributed by atoms with van der Waals surface area (Å²) in [7, 11) is -3.16. The number of hydrogen-bond acceptors (Lipinski definition) is 2. The quantitative estimate of drug-likeness (QED) is 0.848. The zero-order valence-electron chi connectivity index (χ0n) is 9.86. The molecule has 0 heterocycles. The normalized spacial score (nSPS) is 22.7. The maximum atomic E-state index is 12.4. The Bertz CT molecular complexity index is 633. The summed E-state index contributed by atoms with van der Waals surface area (Å²) < 4.78 is 24.8. The summed E-state index contributed by atoms with van der Waals surface area (Å²) in [6.45, 7) is 0. The summed E-state index contributed by atoms with van der Waals surface area (Å²) in [5.74, 6) is 0.163. The van der Waals surface area contributed by atoms with Crippen molar-refractivity contribution in [2.45, 2.75) is 22.5 Å². The van der Waals surface area contributed by atoms with Gasteiger partial charge in [-0.05, 0) is 24.1 Å². The molecule has 2 aromatic rings. The van der Waals surface area contributed by atoms with Crippen molar-refractivity contribution in [2.24, 2.45) is 0 Å². The number of sulfone groups is 1. The largest absolute Gasteiger partial charge is 0.223 e. The highest BCUT2D eigenvalue weighted by atomic mass is 32.2. The van der Waals surface area contributed by atoms with Crippen molar-refractivity contribution in [3.8, 4) is 0 Å². The topological polar surface area (TPSA) is 34.1 Å². The highest BCUT2D eigenvalue weighted by Gasteiger charge is 2.48. The van der Waals surface area contributed by atoms with Crippen LogP contribution in [0.2, 0.25) is 0 Å². The number of benzene rings is 2. The van der Waals surface area contributed by atoms with Crippen molar-refractivity contribution in [3.05, 3.63) is 66.2 Å². The molecule has 0 aliphatic heterocycles. The molecule has 0 bridgehead atoms. The Morgan fingerprint density at radius 1 is 0.833 bits per heavy atom. The van der Waals surface area contributed by atoms with Gasteiger partial charge in [-0.25, -0.2) is 8.42 Å². The molecule has 0 N–H and O–H groups in total. The van der Waals surface area contributed by atoms with Crippen LogP contribution in [0.5, 0.6) is 0 Å². The van der Waals surface area contributed by atoms with Gasteiger partial charge in [-0.3, -0.25) is 0 Å². The highest BCUT2D eigenvalue weighted by Crippen LogP contribution is 2.47. The Morgan fingerprint density at radius 3 is 2.00 bits per heavy atom. The third-order valence-electron chi connectivity index (χ3n) is 3.43. The lowest BCUT2D eigenvalue weighted by Gasteiger charge is -2.03. The standard InChI is InChI=1S/C15H14O2S/c16-18(17,13-9-5-2-6-10-13)15-11-14(15)12-7-3-1-4-8-12/h1-10,14-15H,11H2/t14-,15+/m1/s1. The fourth-order valence-corrected chi connectivity index (χ4v) is 4.29. The van der Waals surface area contributed by atoms with Crippen LogP contribution in [-0.2, 0) is 9.84 Å². The third-order valence-corrected chi connectivity index (χ3v) is 5.68. The van der Waals surface area contributed by atoms with Crippen molar-refractivity contribution < 1.29 is 8.42 Å². The van der Waals surface area contributed by atoms with Gasteiger partial charge in [0.2, 0.25) is 0 Å². The molecule has 0 amide bonds. The molecule has 0 spiro atoms. The molecule has 0 aromatic heterocycles. The van der Waals surface area contributed by atoms with Gasteiger partial charge >= 0.3 is 0 Å². The van der Waals surface area contributed by atoms with Gasteiger partial charge in [0.15, 0.2) is 9.84 Å². The molecule has 1 aliphatic rings. The molecule has 0 unspecified atom stereocenters. The maximum Gasteiger partial charge on any atom is 0.181 e. The van der Waals surface area contributed by atoms with E-state index in [2.05, 4.69) is 0 Å². The van der Waals surface area contributed by atoms with Crippen LogP contribution in [0.15, 0.2) is 65.6 Å². The Hall–Kier alpha value is -1.61. The summed E-state index contributed by atoms with van der Waals surface area (Å²) in [6, 6.07) is 18.6. The Balaban J connectivity index is 1.87. The molecular formula is C15H14O2S. The average molecular weight is 258 g/mol. The van der Waals surface area contributed by atoms with Gasteiger partial charge < -0.3 is 0 Å². The molecule has 2 aromatic carbocycles. The van der Waals surface area contributed by atoms with Gasteiger partial charge in [-0.15, -0.1) is 0 Å². The van der Waals surface area contributed by atoms with Crippen LogP contribution in [0, 0.1) is 0 Å². The van der Waals surface area contributed by atoms with Gasteiger partial charge in [-0.1, -0.05) is 48.5 Å². The van der Waals surface area contributed by atoms with E-state index in [1.54, 1.807) is 24.3 Å². The first-order chi connectivity index (χ1) is 8.69. The van der Waals surface area contributed by atoms with Crippen LogP contribution in [0.25, 0.3) is 0 Å². The molecule has 0 saturated heterocycles. The van der Waals surface area contributed by atoms with E-state index in [9.17, 15) is 8.42 Å². The summed E-state index contributed by atoms with van der Waals surface area (Å²) in [6.07, 6.45) is 0.737. The van der Waals surface area contributed by atoms with Crippen molar-refractivity contribution in [2.75, 3.05) is 0 Å². The van der Waals surface area contributed by atoms with Crippen LogP contribution in [0.4, 0.5) is 0 Å². The van der Waals surface area contributed by atoms with E-state index < -0.39 is 9.84 Å². The monoisotopic (exact) mass is 258 g/mol. The second-order valence-corrected chi connectivity index (χ2v) is 6.82. The summed E-state index contributed by atoms with van der Waals surface area (Å²) in [4.78, 5) is 0.438. The lowest BCUT2D eigenvalue weighted by molar-refractivity contribution is 0.594. The zero-order chi connectivity index (χ0) is 12.6. The van der Waals surface area contributed by atoms with Gasteiger partial charge in [0.05, 0.1) is 10.1 Å². The smallest absolute Gasteiger partial charge is 0.181 e. The van der Waals surface area contributed by atoms with Crippen molar-refractivity contribution in [3.63, 3.8) is 0 Å². The lowest BCUT2D eigenvalue weighted by atomic mass is 10.1. The molecule has 18 heavy (non-hydrogen) atoms. The predicted molar refractivity (Wildman–Crippen MR) is 71.2 cm³/mol. The Morgan fingerprint density at radius 2 is 1.39 bits per heavy atom. The number of rotatable bonds is 3. The maximum absolute atomic E-state index is 12.4. The molecule has 1 fully saturated rings. The molecule has 3 heteroatoms. The van der Waals surface area contributed by atoms with Crippen molar-refractivity contribution in [1.29, 1.82) is 0 Å². The van der Waals surface area contributed by atoms with Crippen LogP contribution >= 0.6 is 0 Å². The van der Waals surface area contributed by atoms with Gasteiger partial charge in [0.25, 0.3) is 0 Å². The Kier molecular flexibility index (Phi) is 2.71. The second-order valence-electron chi connectivity index (χ2n) is 4.65. The second kappa shape index (κ2) is 4.25. The predicted octanol–water partition coefficient (Wildman–Crippen LogP) is 3.02. The van der Waals surface area contributed by atoms with Gasteiger partial charge in [-0.2, -0.15) is 0 Å². The molecule has 92 valence electrons. The van der Waals surface area contributed by atoms with E-state index in [-0.39, 0.29) is 11.2 Å². The first-order valence-corrected chi connectivity index (χ1v) is 7.58. The average Bonchev–Trinajstić information content (AvgIpc) is 3.22. The number of hydrogen-bond donors (Lipinski definition) is 0. The van der Waals surface area contributed by atoms with Crippen LogP contribution in [-0.4, -0.2) is 13.7 Å². The summed E-state index contributed by atoms with van der Waals surface area (Å²) >= 11 is 0. The SMILES string of the molecule is O=S(=O)(c1ccccc1)[C@H]1C[C@@H]1c1ccccc1. The van der Waals surface area contributed by atoms with Gasteiger partial charge in [0.1, 0.15) is 0 Å². The Labute approximate surface area is 107 Å². The van der Waals surface area contributed by atoms with E-state index in [1.807, 2.05) is 36.4 Å². The van der Waals surface area contributed by atoms with Gasteiger partial charge in [0, 0.05) is 5.92 Å². The first-order valence-electron chi connectivity index (χ1n) is 6.03. The van der Waals surface area contributed by atoms with Crippen LogP contribution < -0.4 is 0 Å². The molecule has 2 nitrogen and oxygen atoms in total. The van der Waals surface area contributed by atoms with E-state index in [1.165, 1.54) is 0 Å². The fourth-order valence-electron chi connectivity index (χ4n) is 2.35. The van der Waals surface area contributed by atoms with E-state index in [0.717, 1.165) is 12.0 Å². The minimum Gasteiger partial charge on any atom is -0.223 e. The highest BCUT2D eigenvalue weighted by molar-refractivity contribution is 7.92.